The number of methoxy groups -OCH3 is 1. The van der Waals surface area contributed by atoms with E-state index in [0.29, 0.717) is 36.0 Å². The van der Waals surface area contributed by atoms with Crippen LogP contribution in [0, 0.1) is 11.8 Å². The fourth-order valence-corrected chi connectivity index (χ4v) is 4.73. The zero-order chi connectivity index (χ0) is 17.3. The number of anilines is 2. The van der Waals surface area contributed by atoms with Gasteiger partial charge in [-0.25, -0.2) is 8.42 Å². The van der Waals surface area contributed by atoms with Gasteiger partial charge in [-0.1, -0.05) is 6.92 Å². The zero-order valence-corrected chi connectivity index (χ0v) is 14.9. The summed E-state index contributed by atoms with van der Waals surface area (Å²) in [5, 5.41) is 2.91. The molecule has 2 aliphatic rings. The lowest BCUT2D eigenvalue weighted by Gasteiger charge is -2.29. The second-order valence-electron chi connectivity index (χ2n) is 6.60. The molecule has 0 bridgehead atoms. The van der Waals surface area contributed by atoms with Crippen molar-refractivity contribution in [3.05, 3.63) is 18.2 Å². The third-order valence-corrected chi connectivity index (χ3v) is 6.66. The van der Waals surface area contributed by atoms with Crippen molar-refractivity contribution in [2.24, 2.45) is 11.8 Å². The topological polar surface area (TPSA) is 75.7 Å². The number of nitrogens with one attached hydrogen (secondary N) is 1. The summed E-state index contributed by atoms with van der Waals surface area (Å²) < 4.78 is 31.5. The minimum atomic E-state index is -3.33. The molecule has 132 valence electrons. The quantitative estimate of drug-likeness (QED) is 0.884. The largest absolute Gasteiger partial charge is 0.495 e. The molecular formula is C17H24N2O4S. The molecule has 24 heavy (non-hydrogen) atoms. The van der Waals surface area contributed by atoms with Gasteiger partial charge in [-0.3, -0.25) is 9.10 Å². The predicted molar refractivity (Wildman–Crippen MR) is 93.9 cm³/mol. The van der Waals surface area contributed by atoms with Crippen molar-refractivity contribution < 1.29 is 17.9 Å². The number of benzene rings is 1. The Kier molecular flexibility index (Phi) is 4.71. The average Bonchev–Trinajstić information content (AvgIpc) is 3.38. The number of nitrogens with zero attached hydrogens (tertiary/aromatic N) is 1. The lowest BCUT2D eigenvalue weighted by Crippen LogP contribution is -2.38. The Bertz CT molecular complexity index is 728. The normalized spacial score (nSPS) is 21.2. The summed E-state index contributed by atoms with van der Waals surface area (Å²) in [6.45, 7) is 2.38. The molecule has 0 radical (unpaired) electrons. The summed E-state index contributed by atoms with van der Waals surface area (Å²) in [5.41, 5.74) is 1.10. The van der Waals surface area contributed by atoms with Gasteiger partial charge in [-0.05, 0) is 49.8 Å². The van der Waals surface area contributed by atoms with Crippen molar-refractivity contribution in [3.8, 4) is 5.75 Å². The second-order valence-corrected chi connectivity index (χ2v) is 8.61. The Morgan fingerprint density at radius 1 is 1.33 bits per heavy atom. The van der Waals surface area contributed by atoms with E-state index in [1.54, 1.807) is 18.2 Å². The molecule has 0 spiro atoms. The Labute approximate surface area is 143 Å². The van der Waals surface area contributed by atoms with Gasteiger partial charge in [0.1, 0.15) is 5.75 Å². The van der Waals surface area contributed by atoms with Gasteiger partial charge in [0, 0.05) is 18.2 Å². The van der Waals surface area contributed by atoms with Crippen LogP contribution in [0.3, 0.4) is 0 Å². The summed E-state index contributed by atoms with van der Waals surface area (Å²) in [7, 11) is -1.82. The van der Waals surface area contributed by atoms with Gasteiger partial charge in [0.2, 0.25) is 15.9 Å². The van der Waals surface area contributed by atoms with Crippen LogP contribution >= 0.6 is 0 Å². The van der Waals surface area contributed by atoms with Crippen LogP contribution in [0.1, 0.15) is 32.6 Å². The van der Waals surface area contributed by atoms with E-state index in [1.165, 1.54) is 11.4 Å². The van der Waals surface area contributed by atoms with Crippen LogP contribution in [0.5, 0.6) is 5.75 Å². The highest BCUT2D eigenvalue weighted by Gasteiger charge is 2.33. The molecule has 1 aromatic carbocycles. The fourth-order valence-electron chi connectivity index (χ4n) is 3.09. The molecule has 1 aromatic rings. The van der Waals surface area contributed by atoms with Gasteiger partial charge in [0.05, 0.1) is 18.6 Å². The minimum absolute atomic E-state index is 0.0184. The summed E-state index contributed by atoms with van der Waals surface area (Å²) in [6, 6.07) is 5.15. The molecule has 1 unspecified atom stereocenters. The van der Waals surface area contributed by atoms with Gasteiger partial charge in [0.15, 0.2) is 0 Å². The fraction of sp³-hybridized carbons (Fsp3) is 0.588. The monoisotopic (exact) mass is 352 g/mol. The van der Waals surface area contributed by atoms with Crippen LogP contribution in [0.25, 0.3) is 0 Å². The number of carbonyl (C=O) groups is 1. The van der Waals surface area contributed by atoms with E-state index in [9.17, 15) is 13.2 Å². The lowest BCUT2D eigenvalue weighted by molar-refractivity contribution is -0.119. The average molecular weight is 352 g/mol. The lowest BCUT2D eigenvalue weighted by atomic mass is 10.1. The highest BCUT2D eigenvalue weighted by atomic mass is 32.2. The molecule has 3 rings (SSSR count). The number of hydrogen-bond acceptors (Lipinski definition) is 4. The molecule has 1 heterocycles. The Morgan fingerprint density at radius 2 is 2.08 bits per heavy atom. The van der Waals surface area contributed by atoms with Gasteiger partial charge >= 0.3 is 0 Å². The number of amides is 1. The maximum absolute atomic E-state index is 12.4. The second kappa shape index (κ2) is 6.63. The Hall–Kier alpha value is -1.76. The van der Waals surface area contributed by atoms with E-state index in [2.05, 4.69) is 5.32 Å². The summed E-state index contributed by atoms with van der Waals surface area (Å²) in [5.74, 6) is 1.08. The molecule has 1 N–H and O–H groups in total. The molecule has 1 saturated carbocycles. The van der Waals surface area contributed by atoms with Crippen LogP contribution < -0.4 is 14.4 Å². The Morgan fingerprint density at radius 3 is 2.71 bits per heavy atom. The standard InChI is InChI=1S/C17H24N2O4S/c1-12(13-5-6-13)17(20)18-14-7-8-16(23-2)15(11-14)19-9-3-4-10-24(19,21)22/h7-8,11-13H,3-6,9-10H2,1-2H3,(H,18,20). The van der Waals surface area contributed by atoms with Crippen LogP contribution in [-0.4, -0.2) is 33.7 Å². The smallest absolute Gasteiger partial charge is 0.235 e. The van der Waals surface area contributed by atoms with E-state index < -0.39 is 10.0 Å². The SMILES string of the molecule is COc1ccc(NC(=O)C(C)C2CC2)cc1N1CCCCS1(=O)=O. The van der Waals surface area contributed by atoms with Crippen LogP contribution in [0.15, 0.2) is 18.2 Å². The molecule has 6 nitrogen and oxygen atoms in total. The zero-order valence-electron chi connectivity index (χ0n) is 14.1. The summed E-state index contributed by atoms with van der Waals surface area (Å²) >= 11 is 0. The number of ether oxygens (including phenoxy) is 1. The summed E-state index contributed by atoms with van der Waals surface area (Å²) in [6.07, 6.45) is 3.71. The predicted octanol–water partition coefficient (Wildman–Crippen LogP) is 2.61. The molecule has 1 saturated heterocycles. The highest BCUT2D eigenvalue weighted by Crippen LogP contribution is 2.38. The van der Waals surface area contributed by atoms with Crippen molar-refractivity contribution in [2.75, 3.05) is 29.0 Å². The van der Waals surface area contributed by atoms with E-state index in [0.717, 1.165) is 19.3 Å². The summed E-state index contributed by atoms with van der Waals surface area (Å²) in [4.78, 5) is 12.3. The third kappa shape index (κ3) is 3.50. The van der Waals surface area contributed by atoms with Crippen molar-refractivity contribution in [1.29, 1.82) is 0 Å². The number of hydrogen-bond donors (Lipinski definition) is 1. The van der Waals surface area contributed by atoms with E-state index >= 15 is 0 Å². The molecule has 1 aliphatic carbocycles. The number of rotatable bonds is 5. The first kappa shape index (κ1) is 17.1. The van der Waals surface area contributed by atoms with Crippen molar-refractivity contribution in [2.45, 2.75) is 32.6 Å². The minimum Gasteiger partial charge on any atom is -0.495 e. The molecule has 1 aliphatic heterocycles. The van der Waals surface area contributed by atoms with E-state index in [1.807, 2.05) is 6.92 Å². The first-order chi connectivity index (χ1) is 11.4. The first-order valence-corrected chi connectivity index (χ1v) is 10.0. The maximum Gasteiger partial charge on any atom is 0.235 e. The number of sulfonamides is 1. The molecule has 0 aromatic heterocycles. The van der Waals surface area contributed by atoms with E-state index in [-0.39, 0.29) is 17.6 Å². The van der Waals surface area contributed by atoms with Crippen molar-refractivity contribution in [1.82, 2.24) is 0 Å². The van der Waals surface area contributed by atoms with Gasteiger partial charge in [-0.2, -0.15) is 0 Å². The van der Waals surface area contributed by atoms with Crippen LogP contribution in [-0.2, 0) is 14.8 Å². The first-order valence-electron chi connectivity index (χ1n) is 8.41. The molecule has 2 fully saturated rings. The van der Waals surface area contributed by atoms with Crippen LogP contribution in [0.4, 0.5) is 11.4 Å². The van der Waals surface area contributed by atoms with Crippen LogP contribution in [0.2, 0.25) is 0 Å². The third-order valence-electron chi connectivity index (χ3n) is 4.81. The molecule has 1 amide bonds. The Balaban J connectivity index is 1.86. The molecule has 7 heteroatoms. The van der Waals surface area contributed by atoms with Gasteiger partial charge in [-0.15, -0.1) is 0 Å². The van der Waals surface area contributed by atoms with Gasteiger partial charge < -0.3 is 10.1 Å². The van der Waals surface area contributed by atoms with E-state index in [4.69, 9.17) is 4.74 Å². The molecule has 1 atom stereocenters. The molecular weight excluding hydrogens is 328 g/mol. The van der Waals surface area contributed by atoms with Gasteiger partial charge in [0.25, 0.3) is 0 Å². The maximum atomic E-state index is 12.4. The van der Waals surface area contributed by atoms with Crippen molar-refractivity contribution in [3.63, 3.8) is 0 Å². The highest BCUT2D eigenvalue weighted by molar-refractivity contribution is 7.92. The number of carbonyl (C=O) groups excluding carboxylic acids is 1. The van der Waals surface area contributed by atoms with Crippen molar-refractivity contribution >= 4 is 27.3 Å².